The second-order valence-corrected chi connectivity index (χ2v) is 10.3. The molecule has 1 spiro atoms. The molecule has 4 saturated carbocycles. The van der Waals surface area contributed by atoms with Crippen molar-refractivity contribution in [2.45, 2.75) is 77.6 Å². The molecule has 4 aliphatic rings. The number of rotatable bonds is 2. The highest BCUT2D eigenvalue weighted by Gasteiger charge is 2.70. The van der Waals surface area contributed by atoms with E-state index in [-0.39, 0.29) is 41.2 Å². The van der Waals surface area contributed by atoms with Gasteiger partial charge < -0.3 is 20.1 Å². The van der Waals surface area contributed by atoms with Gasteiger partial charge in [0.25, 0.3) is 0 Å². The smallest absolute Gasteiger partial charge is 0.302 e. The molecule has 152 valence electrons. The highest BCUT2D eigenvalue weighted by Crippen LogP contribution is 2.72. The number of hydrogen-bond acceptors (Lipinski definition) is 5. The molecule has 5 nitrogen and oxygen atoms in total. The highest BCUT2D eigenvalue weighted by molar-refractivity contribution is 5.65. The Balaban J connectivity index is 1.74. The number of carbonyl (C=O) groups excluding carboxylic acids is 1. The average Bonchev–Trinajstić information content (AvgIpc) is 2.78. The van der Waals surface area contributed by atoms with Crippen LogP contribution in [0.3, 0.4) is 0 Å². The van der Waals surface area contributed by atoms with Gasteiger partial charge in [0.05, 0.1) is 24.9 Å². The van der Waals surface area contributed by atoms with E-state index in [0.717, 1.165) is 31.3 Å². The molecule has 0 heterocycles. The summed E-state index contributed by atoms with van der Waals surface area (Å²) >= 11 is 0. The first-order valence-corrected chi connectivity index (χ1v) is 10.4. The number of esters is 1. The van der Waals surface area contributed by atoms with Gasteiger partial charge in [0.15, 0.2) is 0 Å². The van der Waals surface area contributed by atoms with Crippen LogP contribution in [0.5, 0.6) is 0 Å². The van der Waals surface area contributed by atoms with Crippen LogP contribution in [-0.4, -0.2) is 46.2 Å². The van der Waals surface area contributed by atoms with Crippen LogP contribution in [0.15, 0.2) is 12.2 Å². The number of carbonyl (C=O) groups is 1. The van der Waals surface area contributed by atoms with Gasteiger partial charge in [0.1, 0.15) is 0 Å². The monoisotopic (exact) mass is 378 g/mol. The molecule has 3 N–H and O–H groups in total. The molecule has 0 saturated heterocycles. The lowest BCUT2D eigenvalue weighted by Crippen LogP contribution is -2.65. The molecule has 5 heteroatoms. The van der Waals surface area contributed by atoms with Crippen LogP contribution >= 0.6 is 0 Å². The maximum Gasteiger partial charge on any atom is 0.302 e. The van der Waals surface area contributed by atoms with Crippen molar-refractivity contribution in [3.05, 3.63) is 12.2 Å². The van der Waals surface area contributed by atoms with Crippen LogP contribution < -0.4 is 0 Å². The summed E-state index contributed by atoms with van der Waals surface area (Å²) in [5, 5.41) is 33.1. The molecule has 0 unspecified atom stereocenters. The first kappa shape index (κ1) is 19.4. The van der Waals surface area contributed by atoms with Crippen LogP contribution in [0.4, 0.5) is 0 Å². The first-order chi connectivity index (χ1) is 12.6. The summed E-state index contributed by atoms with van der Waals surface area (Å²) in [5.41, 5.74) is -0.133. The third-order valence-electron chi connectivity index (χ3n) is 9.08. The van der Waals surface area contributed by atoms with Gasteiger partial charge in [-0.15, -0.1) is 0 Å². The largest absolute Gasteiger partial charge is 0.465 e. The van der Waals surface area contributed by atoms with Gasteiger partial charge in [-0.1, -0.05) is 20.4 Å². The second-order valence-electron chi connectivity index (χ2n) is 10.3. The maximum atomic E-state index is 11.5. The van der Waals surface area contributed by atoms with Crippen molar-refractivity contribution in [3.63, 3.8) is 0 Å². The molecule has 4 rings (SSSR count). The fourth-order valence-corrected chi connectivity index (χ4v) is 7.96. The van der Waals surface area contributed by atoms with E-state index in [4.69, 9.17) is 4.74 Å². The second kappa shape index (κ2) is 6.04. The van der Waals surface area contributed by atoms with Crippen LogP contribution in [-0.2, 0) is 9.53 Å². The topological polar surface area (TPSA) is 87.0 Å². The fraction of sp³-hybridized carbons (Fsp3) is 0.864. The summed E-state index contributed by atoms with van der Waals surface area (Å²) in [6.45, 7) is 10.0. The molecule has 4 aliphatic carbocycles. The van der Waals surface area contributed by atoms with E-state index in [9.17, 15) is 20.1 Å². The lowest BCUT2D eigenvalue weighted by Gasteiger charge is -2.66. The Morgan fingerprint density at radius 2 is 1.93 bits per heavy atom. The van der Waals surface area contributed by atoms with Crippen molar-refractivity contribution in [1.29, 1.82) is 0 Å². The van der Waals surface area contributed by atoms with Crippen LogP contribution in [0.25, 0.3) is 0 Å². The molecule has 0 aromatic carbocycles. The van der Waals surface area contributed by atoms with Gasteiger partial charge in [-0.25, -0.2) is 0 Å². The molecule has 9 atom stereocenters. The Kier molecular flexibility index (Phi) is 4.34. The molecule has 2 bridgehead atoms. The van der Waals surface area contributed by atoms with Crippen molar-refractivity contribution in [3.8, 4) is 0 Å². The van der Waals surface area contributed by atoms with Crippen molar-refractivity contribution in [1.82, 2.24) is 0 Å². The molecule has 4 fully saturated rings. The summed E-state index contributed by atoms with van der Waals surface area (Å²) in [6, 6.07) is 0. The number of fused-ring (bicyclic) bond motifs is 3. The Hall–Kier alpha value is -0.910. The zero-order chi connectivity index (χ0) is 19.8. The van der Waals surface area contributed by atoms with E-state index in [1.807, 2.05) is 6.92 Å². The Morgan fingerprint density at radius 1 is 1.22 bits per heavy atom. The summed E-state index contributed by atoms with van der Waals surface area (Å²) in [4.78, 5) is 11.5. The lowest BCUT2D eigenvalue weighted by molar-refractivity contribution is -0.235. The quantitative estimate of drug-likeness (QED) is 0.507. The molecule has 0 amide bonds. The van der Waals surface area contributed by atoms with E-state index >= 15 is 0 Å². The predicted molar refractivity (Wildman–Crippen MR) is 101 cm³/mol. The minimum absolute atomic E-state index is 0.0154. The van der Waals surface area contributed by atoms with Crippen molar-refractivity contribution >= 4 is 5.97 Å². The summed E-state index contributed by atoms with van der Waals surface area (Å²) < 4.78 is 5.38. The van der Waals surface area contributed by atoms with Crippen LogP contribution in [0.1, 0.15) is 59.3 Å². The zero-order valence-corrected chi connectivity index (χ0v) is 16.8. The van der Waals surface area contributed by atoms with E-state index in [0.29, 0.717) is 12.8 Å². The predicted octanol–water partition coefficient (Wildman–Crippen LogP) is 2.43. The Morgan fingerprint density at radius 3 is 2.59 bits per heavy atom. The van der Waals surface area contributed by atoms with Gasteiger partial charge in [0.2, 0.25) is 0 Å². The van der Waals surface area contributed by atoms with Gasteiger partial charge in [-0.2, -0.15) is 0 Å². The average molecular weight is 379 g/mol. The van der Waals surface area contributed by atoms with E-state index in [1.165, 1.54) is 6.92 Å². The Bertz CT molecular complexity index is 661. The van der Waals surface area contributed by atoms with Crippen molar-refractivity contribution < 1.29 is 24.9 Å². The van der Waals surface area contributed by atoms with Gasteiger partial charge >= 0.3 is 5.97 Å². The van der Waals surface area contributed by atoms with Crippen LogP contribution in [0.2, 0.25) is 0 Å². The number of hydrogen-bond donors (Lipinski definition) is 3. The van der Waals surface area contributed by atoms with Crippen molar-refractivity contribution in [2.24, 2.45) is 34.0 Å². The lowest BCUT2D eigenvalue weighted by atomic mass is 9.40. The standard InChI is InChI=1S/C22H34O5/c1-12-14-9-15(24)18-20(3)7-6-17(25)21(4,11-27-13(2)23)16(20)5-8-22(18,10-14)19(12)26/h14-19,24-26H,1,5-11H2,2-4H3/t14-,15+,16+,17-,18+,19-,20-,21+,22-/m1/s1. The number of aliphatic hydroxyl groups excluding tert-OH is 3. The van der Waals surface area contributed by atoms with Gasteiger partial charge in [-0.3, -0.25) is 4.79 Å². The molecule has 0 aromatic heterocycles. The molecule has 0 aliphatic heterocycles. The van der Waals surface area contributed by atoms with E-state index < -0.39 is 23.7 Å². The summed E-state index contributed by atoms with van der Waals surface area (Å²) in [6.07, 6.45) is 3.20. The number of aliphatic hydroxyl groups is 3. The summed E-state index contributed by atoms with van der Waals surface area (Å²) in [7, 11) is 0. The zero-order valence-electron chi connectivity index (χ0n) is 16.8. The molecule has 27 heavy (non-hydrogen) atoms. The molecule has 0 radical (unpaired) electrons. The minimum Gasteiger partial charge on any atom is -0.465 e. The molecular formula is C22H34O5. The highest BCUT2D eigenvalue weighted by atomic mass is 16.5. The van der Waals surface area contributed by atoms with Crippen LogP contribution in [0, 0.1) is 34.0 Å². The van der Waals surface area contributed by atoms with Gasteiger partial charge in [-0.05, 0) is 67.3 Å². The molecule has 0 aromatic rings. The third-order valence-corrected chi connectivity index (χ3v) is 9.08. The first-order valence-electron chi connectivity index (χ1n) is 10.4. The molecular weight excluding hydrogens is 344 g/mol. The normalized spacial score (nSPS) is 54.2. The maximum absolute atomic E-state index is 11.5. The van der Waals surface area contributed by atoms with Gasteiger partial charge in [0, 0.05) is 17.8 Å². The van der Waals surface area contributed by atoms with E-state index in [2.05, 4.69) is 13.5 Å². The number of ether oxygens (including phenoxy) is 1. The van der Waals surface area contributed by atoms with E-state index in [1.54, 1.807) is 0 Å². The van der Waals surface area contributed by atoms with Crippen molar-refractivity contribution in [2.75, 3.05) is 6.61 Å². The fourth-order valence-electron chi connectivity index (χ4n) is 7.96. The SMILES string of the molecule is C=C1[C@@H]2C[C@H](O)[C@H]3[C@]4(C)CC[C@@H](O)[C@@](C)(COC(C)=O)[C@H]4CC[C@]3(C2)[C@@H]1O. The Labute approximate surface area is 161 Å². The summed E-state index contributed by atoms with van der Waals surface area (Å²) in [5.74, 6) is 0.00782. The minimum atomic E-state index is -0.547. The third kappa shape index (κ3) is 2.44.